The predicted molar refractivity (Wildman–Crippen MR) is 80.3 cm³/mol. The standard InChI is InChI=1S/C14H8ClN3S/c15-8-5-6-10-9(7-8)13-16-11-3-1-2-4-12(11)18(13)14(19)17-10/h1-7H,(H,17,19). The molecule has 5 heteroatoms. The molecule has 2 aromatic carbocycles. The highest BCUT2D eigenvalue weighted by atomic mass is 35.5. The summed E-state index contributed by atoms with van der Waals surface area (Å²) in [7, 11) is 0. The topological polar surface area (TPSA) is 30.2 Å². The molecule has 0 unspecified atom stereocenters. The molecule has 4 rings (SSSR count). The zero-order valence-corrected chi connectivity index (χ0v) is 11.4. The molecular formula is C14H8ClN3S. The maximum atomic E-state index is 6.07. The van der Waals surface area contributed by atoms with E-state index < -0.39 is 0 Å². The van der Waals surface area contributed by atoms with Gasteiger partial charge in [-0.2, -0.15) is 0 Å². The highest BCUT2D eigenvalue weighted by molar-refractivity contribution is 7.80. The third-order valence-corrected chi connectivity index (χ3v) is 3.72. The molecule has 0 saturated carbocycles. The molecule has 2 heterocycles. The largest absolute Gasteiger partial charge is 0.271 e. The maximum Gasteiger partial charge on any atom is 0.171 e. The molecule has 0 atom stereocenters. The number of hydrogen-bond acceptors (Lipinski definition) is 3. The van der Waals surface area contributed by atoms with Crippen LogP contribution in [0.5, 0.6) is 0 Å². The summed E-state index contributed by atoms with van der Waals surface area (Å²) in [5.41, 5.74) is 3.60. The molecule has 19 heavy (non-hydrogen) atoms. The summed E-state index contributed by atoms with van der Waals surface area (Å²) in [5.74, 6) is 0. The summed E-state index contributed by atoms with van der Waals surface area (Å²) in [6.45, 7) is 0. The molecule has 0 aliphatic rings. The number of rotatable bonds is 0. The Morgan fingerprint density at radius 3 is 2.74 bits per heavy atom. The minimum absolute atomic E-state index is 0.624. The third kappa shape index (κ3) is 1.54. The zero-order valence-electron chi connectivity index (χ0n) is 9.71. The molecule has 0 bridgehead atoms. The molecule has 4 aromatic rings. The van der Waals surface area contributed by atoms with E-state index in [0.717, 1.165) is 27.6 Å². The summed E-state index contributed by atoms with van der Waals surface area (Å²) in [5, 5.41) is 2.23. The van der Waals surface area contributed by atoms with E-state index in [2.05, 4.69) is 22.6 Å². The van der Waals surface area contributed by atoms with Crippen LogP contribution in [0.25, 0.3) is 27.6 Å². The van der Waals surface area contributed by atoms with Crippen LogP contribution in [-0.4, -0.2) is 14.4 Å². The van der Waals surface area contributed by atoms with Gasteiger partial charge in [-0.1, -0.05) is 23.7 Å². The molecule has 0 spiro atoms. The lowest BCUT2D eigenvalue weighted by molar-refractivity contribution is 0.960. The van der Waals surface area contributed by atoms with Crippen molar-refractivity contribution in [1.29, 1.82) is 0 Å². The fraction of sp³-hybridized carbons (Fsp3) is 0. The molecule has 2 aromatic heterocycles. The van der Waals surface area contributed by atoms with Crippen molar-refractivity contribution >= 4 is 51.8 Å². The van der Waals surface area contributed by atoms with Crippen LogP contribution in [0.4, 0.5) is 0 Å². The molecule has 0 saturated heterocycles. The molecule has 0 N–H and O–H groups in total. The van der Waals surface area contributed by atoms with Gasteiger partial charge in [-0.25, -0.2) is 9.97 Å². The van der Waals surface area contributed by atoms with Crippen LogP contribution < -0.4 is 0 Å². The van der Waals surface area contributed by atoms with Crippen LogP contribution in [0, 0.1) is 0 Å². The van der Waals surface area contributed by atoms with Gasteiger partial charge in [-0.15, -0.1) is 12.6 Å². The number of thiol groups is 1. The second-order valence-corrected chi connectivity index (χ2v) is 5.17. The quantitative estimate of drug-likeness (QED) is 0.391. The van der Waals surface area contributed by atoms with E-state index in [0.29, 0.717) is 10.2 Å². The number of benzene rings is 2. The summed E-state index contributed by atoms with van der Waals surface area (Å²) >= 11 is 10.5. The average Bonchev–Trinajstić information content (AvgIpc) is 2.80. The van der Waals surface area contributed by atoms with Gasteiger partial charge in [0.2, 0.25) is 0 Å². The van der Waals surface area contributed by atoms with E-state index >= 15 is 0 Å². The molecule has 0 radical (unpaired) electrons. The first-order valence-corrected chi connectivity index (χ1v) is 6.62. The van der Waals surface area contributed by atoms with Crippen molar-refractivity contribution in [3.63, 3.8) is 0 Å². The van der Waals surface area contributed by atoms with Gasteiger partial charge < -0.3 is 0 Å². The predicted octanol–water partition coefficient (Wildman–Crippen LogP) is 3.98. The monoisotopic (exact) mass is 285 g/mol. The van der Waals surface area contributed by atoms with E-state index in [1.54, 1.807) is 0 Å². The smallest absolute Gasteiger partial charge is 0.171 e. The van der Waals surface area contributed by atoms with Gasteiger partial charge in [0.15, 0.2) is 5.16 Å². The maximum absolute atomic E-state index is 6.07. The Morgan fingerprint density at radius 1 is 1.00 bits per heavy atom. The first-order valence-electron chi connectivity index (χ1n) is 5.79. The lowest BCUT2D eigenvalue weighted by Gasteiger charge is -2.04. The molecule has 92 valence electrons. The van der Waals surface area contributed by atoms with E-state index in [4.69, 9.17) is 11.6 Å². The van der Waals surface area contributed by atoms with E-state index in [-0.39, 0.29) is 0 Å². The molecule has 0 amide bonds. The van der Waals surface area contributed by atoms with Gasteiger partial charge >= 0.3 is 0 Å². The van der Waals surface area contributed by atoms with Gasteiger partial charge in [0.05, 0.1) is 16.6 Å². The normalized spacial score (nSPS) is 11.7. The molecular weight excluding hydrogens is 278 g/mol. The fourth-order valence-electron chi connectivity index (χ4n) is 2.35. The SMILES string of the molecule is Sc1nc2ccc(Cl)cc2c2nc3ccccc3n12. The Hall–Kier alpha value is -1.78. The van der Waals surface area contributed by atoms with Crippen molar-refractivity contribution in [3.8, 4) is 0 Å². The minimum Gasteiger partial charge on any atom is -0.271 e. The van der Waals surface area contributed by atoms with E-state index in [9.17, 15) is 0 Å². The fourth-order valence-corrected chi connectivity index (χ4v) is 2.83. The highest BCUT2D eigenvalue weighted by Crippen LogP contribution is 2.27. The Labute approximate surface area is 119 Å². The minimum atomic E-state index is 0.624. The van der Waals surface area contributed by atoms with Crippen LogP contribution in [0.15, 0.2) is 47.6 Å². The van der Waals surface area contributed by atoms with Crippen LogP contribution in [0.2, 0.25) is 5.02 Å². The van der Waals surface area contributed by atoms with E-state index in [1.165, 1.54) is 0 Å². The summed E-state index contributed by atoms with van der Waals surface area (Å²) in [4.78, 5) is 9.16. The van der Waals surface area contributed by atoms with Gasteiger partial charge in [-0.3, -0.25) is 4.40 Å². The number of fused-ring (bicyclic) bond motifs is 5. The second-order valence-electron chi connectivity index (χ2n) is 4.33. The summed E-state index contributed by atoms with van der Waals surface area (Å²) < 4.78 is 1.94. The number of hydrogen-bond donors (Lipinski definition) is 1. The van der Waals surface area contributed by atoms with Crippen LogP contribution in [0.1, 0.15) is 0 Å². The van der Waals surface area contributed by atoms with Gasteiger partial charge in [0, 0.05) is 10.4 Å². The molecule has 3 nitrogen and oxygen atoms in total. The van der Waals surface area contributed by atoms with Crippen molar-refractivity contribution in [3.05, 3.63) is 47.5 Å². The third-order valence-electron chi connectivity index (χ3n) is 3.18. The number of imidazole rings is 1. The Morgan fingerprint density at radius 2 is 1.84 bits per heavy atom. The average molecular weight is 286 g/mol. The van der Waals surface area contributed by atoms with Crippen LogP contribution >= 0.6 is 24.2 Å². The Bertz CT molecular complexity index is 946. The number of halogens is 1. The lowest BCUT2D eigenvalue weighted by Crippen LogP contribution is -1.93. The van der Waals surface area contributed by atoms with Crippen molar-refractivity contribution in [2.75, 3.05) is 0 Å². The van der Waals surface area contributed by atoms with Gasteiger partial charge in [0.1, 0.15) is 5.65 Å². The number of nitrogens with zero attached hydrogens (tertiary/aromatic N) is 3. The zero-order chi connectivity index (χ0) is 13.0. The van der Waals surface area contributed by atoms with Crippen LogP contribution in [-0.2, 0) is 0 Å². The lowest BCUT2D eigenvalue weighted by atomic mass is 10.2. The van der Waals surface area contributed by atoms with Crippen molar-refractivity contribution in [2.45, 2.75) is 5.16 Å². The second kappa shape index (κ2) is 3.85. The first kappa shape index (κ1) is 11.1. The Kier molecular flexibility index (Phi) is 2.25. The summed E-state index contributed by atoms with van der Waals surface area (Å²) in [6.07, 6.45) is 0. The van der Waals surface area contributed by atoms with Gasteiger partial charge in [0.25, 0.3) is 0 Å². The van der Waals surface area contributed by atoms with Gasteiger partial charge in [-0.05, 0) is 30.3 Å². The van der Waals surface area contributed by atoms with Crippen LogP contribution in [0.3, 0.4) is 0 Å². The molecule has 0 fully saturated rings. The van der Waals surface area contributed by atoms with Crippen molar-refractivity contribution in [1.82, 2.24) is 14.4 Å². The highest BCUT2D eigenvalue weighted by Gasteiger charge is 2.11. The molecule has 0 aliphatic heterocycles. The number of para-hydroxylation sites is 2. The Balaban J connectivity index is 2.35. The first-order chi connectivity index (χ1) is 9.24. The van der Waals surface area contributed by atoms with E-state index in [1.807, 2.05) is 46.9 Å². The van der Waals surface area contributed by atoms with Crippen molar-refractivity contribution < 1.29 is 0 Å². The van der Waals surface area contributed by atoms with Crippen molar-refractivity contribution in [2.24, 2.45) is 0 Å². The summed E-state index contributed by atoms with van der Waals surface area (Å²) in [6, 6.07) is 13.5. The number of aromatic nitrogens is 3. The molecule has 0 aliphatic carbocycles.